The minimum absolute atomic E-state index is 0.0355. The van der Waals surface area contributed by atoms with Gasteiger partial charge in [-0.2, -0.15) is 16.9 Å². The third kappa shape index (κ3) is 3.50. The molecule has 108 valence electrons. The fraction of sp³-hybridized carbons (Fsp3) is 0.727. The molecule has 1 aromatic rings. The molecule has 1 aliphatic heterocycles. The summed E-state index contributed by atoms with van der Waals surface area (Å²) in [6.45, 7) is 2.39. The summed E-state index contributed by atoms with van der Waals surface area (Å²) in [6.07, 6.45) is 3.47. The number of aromatic amines is 1. The Bertz CT molecular complexity index is 521. The van der Waals surface area contributed by atoms with Gasteiger partial charge in [-0.15, -0.1) is 0 Å². The maximum atomic E-state index is 12.2. The van der Waals surface area contributed by atoms with Gasteiger partial charge in [0.2, 0.25) is 0 Å². The monoisotopic (exact) mass is 304 g/mol. The van der Waals surface area contributed by atoms with Crippen molar-refractivity contribution in [2.45, 2.75) is 43.0 Å². The van der Waals surface area contributed by atoms with Crippen molar-refractivity contribution in [2.24, 2.45) is 5.73 Å². The highest BCUT2D eigenvalue weighted by Gasteiger charge is 2.24. The van der Waals surface area contributed by atoms with E-state index in [1.165, 1.54) is 12.8 Å². The van der Waals surface area contributed by atoms with E-state index >= 15 is 0 Å². The maximum Gasteiger partial charge on any atom is 0.260 e. The summed E-state index contributed by atoms with van der Waals surface area (Å²) in [6, 6.07) is 0. The van der Waals surface area contributed by atoms with Crippen LogP contribution in [-0.2, 0) is 16.6 Å². The zero-order valence-electron chi connectivity index (χ0n) is 11.0. The van der Waals surface area contributed by atoms with Gasteiger partial charge >= 0.3 is 0 Å². The highest BCUT2D eigenvalue weighted by atomic mass is 32.2. The number of aryl methyl sites for hydroxylation is 1. The second-order valence-electron chi connectivity index (χ2n) is 4.68. The summed E-state index contributed by atoms with van der Waals surface area (Å²) in [5.41, 5.74) is 6.84. The fourth-order valence-electron chi connectivity index (χ4n) is 2.13. The van der Waals surface area contributed by atoms with Crippen molar-refractivity contribution in [3.8, 4) is 0 Å². The van der Waals surface area contributed by atoms with Crippen LogP contribution in [0.15, 0.2) is 5.03 Å². The number of nitrogens with zero attached hydrogens (tertiary/aromatic N) is 1. The van der Waals surface area contributed by atoms with Crippen molar-refractivity contribution < 1.29 is 8.42 Å². The van der Waals surface area contributed by atoms with Crippen molar-refractivity contribution in [1.29, 1.82) is 0 Å². The second-order valence-corrected chi connectivity index (χ2v) is 7.77. The molecular weight excluding hydrogens is 284 g/mol. The van der Waals surface area contributed by atoms with Crippen LogP contribution in [0.25, 0.3) is 0 Å². The highest BCUT2D eigenvalue weighted by molar-refractivity contribution is 8.00. The van der Waals surface area contributed by atoms with E-state index < -0.39 is 10.0 Å². The Kier molecular flexibility index (Phi) is 4.88. The summed E-state index contributed by atoms with van der Waals surface area (Å²) in [5, 5.41) is 6.94. The molecule has 0 aliphatic carbocycles. The lowest BCUT2D eigenvalue weighted by molar-refractivity contribution is 0.568. The maximum absolute atomic E-state index is 12.2. The van der Waals surface area contributed by atoms with E-state index in [1.807, 2.05) is 11.8 Å². The van der Waals surface area contributed by atoms with Crippen LogP contribution >= 0.6 is 11.8 Å². The highest BCUT2D eigenvalue weighted by Crippen LogP contribution is 2.25. The smallest absolute Gasteiger partial charge is 0.260 e. The van der Waals surface area contributed by atoms with Gasteiger partial charge in [-0.25, -0.2) is 13.1 Å². The first kappa shape index (κ1) is 14.8. The number of sulfonamides is 1. The number of H-pyrrole nitrogens is 1. The Morgan fingerprint density at radius 1 is 1.53 bits per heavy atom. The molecule has 2 heterocycles. The molecule has 6 nitrogen and oxygen atoms in total. The lowest BCUT2D eigenvalue weighted by Gasteiger charge is -2.21. The van der Waals surface area contributed by atoms with Crippen LogP contribution in [0.3, 0.4) is 0 Å². The number of nitrogens with two attached hydrogens (primary N) is 1. The van der Waals surface area contributed by atoms with Gasteiger partial charge in [0.05, 0.1) is 0 Å². The molecule has 0 amide bonds. The SMILES string of the molecule is Cc1[nH]nc(S(=O)(=O)NCC2CCCCS2)c1CN. The molecule has 2 rings (SSSR count). The Balaban J connectivity index is 2.05. The van der Waals surface area contributed by atoms with E-state index in [-0.39, 0.29) is 11.6 Å². The molecule has 19 heavy (non-hydrogen) atoms. The first-order valence-electron chi connectivity index (χ1n) is 6.40. The van der Waals surface area contributed by atoms with Gasteiger partial charge in [-0.1, -0.05) is 6.42 Å². The average Bonchev–Trinajstić information content (AvgIpc) is 2.79. The molecule has 4 N–H and O–H groups in total. The van der Waals surface area contributed by atoms with Gasteiger partial charge in [-0.05, 0) is 25.5 Å². The minimum atomic E-state index is -3.57. The average molecular weight is 304 g/mol. The summed E-state index contributed by atoms with van der Waals surface area (Å²) in [5.74, 6) is 1.11. The molecule has 0 bridgehead atoms. The van der Waals surface area contributed by atoms with E-state index in [0.29, 0.717) is 23.1 Å². The summed E-state index contributed by atoms with van der Waals surface area (Å²) >= 11 is 1.83. The third-order valence-corrected chi connectivity index (χ3v) is 6.06. The zero-order valence-corrected chi connectivity index (χ0v) is 12.6. The van der Waals surface area contributed by atoms with Gasteiger partial charge < -0.3 is 5.73 Å². The topological polar surface area (TPSA) is 101 Å². The standard InChI is InChI=1S/C11H20N4O2S2/c1-8-10(6-12)11(15-14-8)19(16,17)13-7-9-4-2-3-5-18-9/h9,13H,2-7,12H2,1H3,(H,14,15). The lowest BCUT2D eigenvalue weighted by Crippen LogP contribution is -2.32. The Hall–Kier alpha value is -0.570. The summed E-state index contributed by atoms with van der Waals surface area (Å²) in [7, 11) is -3.57. The number of hydrogen-bond donors (Lipinski definition) is 3. The molecule has 0 aromatic carbocycles. The van der Waals surface area contributed by atoms with E-state index in [2.05, 4.69) is 14.9 Å². The van der Waals surface area contributed by atoms with E-state index in [0.717, 1.165) is 12.2 Å². The third-order valence-electron chi connectivity index (χ3n) is 3.27. The quantitative estimate of drug-likeness (QED) is 0.745. The predicted molar refractivity (Wildman–Crippen MR) is 76.5 cm³/mol. The normalized spacial score (nSPS) is 20.6. The molecule has 1 unspecified atom stereocenters. The number of hydrogen-bond acceptors (Lipinski definition) is 5. The van der Waals surface area contributed by atoms with Crippen LogP contribution < -0.4 is 10.5 Å². The van der Waals surface area contributed by atoms with E-state index in [9.17, 15) is 8.42 Å². The molecular formula is C11H20N4O2S2. The van der Waals surface area contributed by atoms with Crippen LogP contribution in [0.1, 0.15) is 30.5 Å². The number of rotatable bonds is 5. The molecule has 1 fully saturated rings. The summed E-state index contributed by atoms with van der Waals surface area (Å²) in [4.78, 5) is 0. The molecule has 1 aromatic heterocycles. The van der Waals surface area contributed by atoms with Gasteiger partial charge in [0.15, 0.2) is 5.03 Å². The van der Waals surface area contributed by atoms with Gasteiger partial charge in [0.1, 0.15) is 0 Å². The van der Waals surface area contributed by atoms with Crippen LogP contribution in [-0.4, -0.2) is 36.2 Å². The molecule has 0 radical (unpaired) electrons. The van der Waals surface area contributed by atoms with E-state index in [4.69, 9.17) is 5.73 Å². The first-order valence-corrected chi connectivity index (χ1v) is 8.93. The minimum Gasteiger partial charge on any atom is -0.326 e. The summed E-state index contributed by atoms with van der Waals surface area (Å²) < 4.78 is 27.1. The van der Waals surface area contributed by atoms with Crippen LogP contribution in [0.2, 0.25) is 0 Å². The first-order chi connectivity index (χ1) is 9.04. The second kappa shape index (κ2) is 6.25. The predicted octanol–water partition coefficient (Wildman–Crippen LogP) is 0.741. The van der Waals surface area contributed by atoms with Crippen LogP contribution in [0.5, 0.6) is 0 Å². The van der Waals surface area contributed by atoms with E-state index in [1.54, 1.807) is 6.92 Å². The van der Waals surface area contributed by atoms with Crippen molar-refractivity contribution in [3.63, 3.8) is 0 Å². The van der Waals surface area contributed by atoms with Gasteiger partial charge in [0, 0.05) is 29.6 Å². The Morgan fingerprint density at radius 3 is 2.95 bits per heavy atom. The van der Waals surface area contributed by atoms with Crippen LogP contribution in [0.4, 0.5) is 0 Å². The molecule has 8 heteroatoms. The van der Waals surface area contributed by atoms with Crippen molar-refractivity contribution in [3.05, 3.63) is 11.3 Å². The fourth-order valence-corrected chi connectivity index (χ4v) is 4.76. The molecule has 1 atom stereocenters. The van der Waals surface area contributed by atoms with Crippen molar-refractivity contribution in [2.75, 3.05) is 12.3 Å². The lowest BCUT2D eigenvalue weighted by atomic mass is 10.2. The van der Waals surface area contributed by atoms with Gasteiger partial charge in [0.25, 0.3) is 10.0 Å². The zero-order chi connectivity index (χ0) is 13.9. The Morgan fingerprint density at radius 2 is 2.32 bits per heavy atom. The van der Waals surface area contributed by atoms with Crippen molar-refractivity contribution >= 4 is 21.8 Å². The largest absolute Gasteiger partial charge is 0.326 e. The number of thioether (sulfide) groups is 1. The number of aromatic nitrogens is 2. The molecule has 1 aliphatic rings. The number of nitrogens with one attached hydrogen (secondary N) is 2. The molecule has 0 spiro atoms. The molecule has 0 saturated carbocycles. The van der Waals surface area contributed by atoms with Crippen molar-refractivity contribution in [1.82, 2.24) is 14.9 Å². The Labute approximate surface area is 118 Å². The molecule has 1 saturated heterocycles. The van der Waals surface area contributed by atoms with Crippen LogP contribution in [0, 0.1) is 6.92 Å². The van der Waals surface area contributed by atoms with Gasteiger partial charge in [-0.3, -0.25) is 5.10 Å².